The van der Waals surface area contributed by atoms with Crippen molar-refractivity contribution < 1.29 is 23.8 Å². The first-order valence-corrected chi connectivity index (χ1v) is 29.1. The quantitative estimate of drug-likeness (QED) is 0.0345. The molecule has 0 aliphatic heterocycles. The van der Waals surface area contributed by atoms with Crippen LogP contribution in [0.3, 0.4) is 0 Å². The molecule has 0 aliphatic rings. The number of carbonyl (C=O) groups excluding carboxylic acids is 2. The second-order valence-corrected chi connectivity index (χ2v) is 18.8. The normalized spacial score (nSPS) is 13.1. The van der Waals surface area contributed by atoms with Crippen molar-refractivity contribution in [2.24, 2.45) is 0 Å². The zero-order chi connectivity index (χ0) is 50.6. The summed E-state index contributed by atoms with van der Waals surface area (Å²) in [5.74, 6) is -0.458. The van der Waals surface area contributed by atoms with Gasteiger partial charge in [0.2, 0.25) is 0 Å². The molecule has 0 bridgehead atoms. The molecule has 0 saturated heterocycles. The van der Waals surface area contributed by atoms with Gasteiger partial charge in [0.25, 0.3) is 0 Å². The largest absolute Gasteiger partial charge is 0.462 e. The Labute approximate surface area is 433 Å². The van der Waals surface area contributed by atoms with Gasteiger partial charge < -0.3 is 14.2 Å². The van der Waals surface area contributed by atoms with E-state index in [9.17, 15) is 9.59 Å². The summed E-state index contributed by atoms with van der Waals surface area (Å²) in [5.41, 5.74) is 0. The van der Waals surface area contributed by atoms with Crippen LogP contribution in [0.15, 0.2) is 122 Å². The predicted molar refractivity (Wildman–Crippen MR) is 306 cm³/mol. The third kappa shape index (κ3) is 56.9. The molecule has 70 heavy (non-hydrogen) atoms. The van der Waals surface area contributed by atoms with Crippen LogP contribution < -0.4 is 0 Å². The van der Waals surface area contributed by atoms with Gasteiger partial charge in [-0.05, 0) is 109 Å². The Bertz CT molecular complexity index is 1420. The molecule has 0 saturated carbocycles. The molecule has 0 radical (unpaired) electrons. The van der Waals surface area contributed by atoms with Gasteiger partial charge in [0, 0.05) is 19.4 Å². The minimum atomic E-state index is -0.580. The van der Waals surface area contributed by atoms with Gasteiger partial charge in [-0.15, -0.1) is 0 Å². The highest BCUT2D eigenvalue weighted by atomic mass is 16.6. The molecule has 0 heterocycles. The van der Waals surface area contributed by atoms with Crippen LogP contribution in [-0.2, 0) is 23.8 Å². The van der Waals surface area contributed by atoms with Gasteiger partial charge >= 0.3 is 11.9 Å². The summed E-state index contributed by atoms with van der Waals surface area (Å²) in [6.45, 7) is 7.48. The summed E-state index contributed by atoms with van der Waals surface area (Å²) in [5, 5.41) is 0. The predicted octanol–water partition coefficient (Wildman–Crippen LogP) is 20.1. The number of allylic oxidation sites excluding steroid dienone is 20. The Morgan fingerprint density at radius 1 is 0.329 bits per heavy atom. The molecule has 5 nitrogen and oxygen atoms in total. The van der Waals surface area contributed by atoms with E-state index < -0.39 is 6.10 Å². The lowest BCUT2D eigenvalue weighted by atomic mass is 10.0. The van der Waals surface area contributed by atoms with E-state index in [1.165, 1.54) is 89.9 Å². The van der Waals surface area contributed by atoms with Crippen LogP contribution in [0.25, 0.3) is 0 Å². The number of hydrogen-bond donors (Lipinski definition) is 0. The molecular weight excluding hydrogens is 861 g/mol. The Hall–Kier alpha value is -3.70. The van der Waals surface area contributed by atoms with Gasteiger partial charge in [0.1, 0.15) is 6.61 Å². The highest BCUT2D eigenvalue weighted by Crippen LogP contribution is 2.15. The van der Waals surface area contributed by atoms with Gasteiger partial charge in [0.05, 0.1) is 6.61 Å². The highest BCUT2D eigenvalue weighted by Gasteiger charge is 2.17. The van der Waals surface area contributed by atoms with Crippen molar-refractivity contribution in [1.82, 2.24) is 0 Å². The minimum Gasteiger partial charge on any atom is -0.462 e. The summed E-state index contributed by atoms with van der Waals surface area (Å²) in [6.07, 6.45) is 83.7. The van der Waals surface area contributed by atoms with Crippen LogP contribution in [0.2, 0.25) is 0 Å². The first-order valence-electron chi connectivity index (χ1n) is 29.1. The second-order valence-electron chi connectivity index (χ2n) is 18.8. The molecule has 0 aliphatic carbocycles. The summed E-state index contributed by atoms with van der Waals surface area (Å²) < 4.78 is 17.4. The van der Waals surface area contributed by atoms with Gasteiger partial charge in [-0.25, -0.2) is 0 Å². The molecule has 0 aromatic carbocycles. The number of ether oxygens (including phenoxy) is 3. The third-order valence-corrected chi connectivity index (χ3v) is 12.0. The number of unbranched alkanes of at least 4 members (excludes halogenated alkanes) is 21. The van der Waals surface area contributed by atoms with Gasteiger partial charge in [0.15, 0.2) is 6.10 Å². The topological polar surface area (TPSA) is 61.8 Å². The summed E-state index contributed by atoms with van der Waals surface area (Å²) in [4.78, 5) is 25.5. The van der Waals surface area contributed by atoms with E-state index in [-0.39, 0.29) is 25.2 Å². The fraction of sp³-hybridized carbons (Fsp3) is 0.662. The Kier molecular flexibility index (Phi) is 56.5. The van der Waals surface area contributed by atoms with Crippen molar-refractivity contribution >= 4 is 11.9 Å². The van der Waals surface area contributed by atoms with Crippen LogP contribution >= 0.6 is 0 Å². The highest BCUT2D eigenvalue weighted by molar-refractivity contribution is 5.70. The monoisotopic (exact) mass is 969 g/mol. The molecule has 0 N–H and O–H groups in total. The first-order chi connectivity index (χ1) is 34.6. The Morgan fingerprint density at radius 2 is 0.643 bits per heavy atom. The maximum atomic E-state index is 12.9. The lowest BCUT2D eigenvalue weighted by Gasteiger charge is -2.18. The molecular formula is C65H108O5. The molecule has 5 heteroatoms. The van der Waals surface area contributed by atoms with E-state index >= 15 is 0 Å². The maximum absolute atomic E-state index is 12.9. The molecule has 0 spiro atoms. The van der Waals surface area contributed by atoms with E-state index in [2.05, 4.69) is 142 Å². The standard InChI is InChI=1S/C65H108O5/c1-4-7-10-13-16-19-22-25-28-31-33-35-37-40-43-46-49-52-55-58-64(66)69-62-63(61-68-60-57-54-51-48-45-42-39-36-32-29-26-23-20-17-14-11-8-5-2)70-65(67)59-56-53-50-47-44-41-38-34-30-27-24-21-18-15-12-9-6-3/h7-8,10-11,16-17,19-20,25-26,28-29,33,35-36,39-40,43,45,48,63H,4-6,9,12-15,18,21-24,27,30-32,34,37-38,41-42,44,46-47,49-62H2,1-3H3/b10-7-,11-8-,19-16-,20-17-,28-25-,29-26-,35-33-,39-36-,43-40-,48-45-. The molecule has 0 aromatic heterocycles. The number of hydrogen-bond acceptors (Lipinski definition) is 5. The third-order valence-electron chi connectivity index (χ3n) is 12.0. The summed E-state index contributed by atoms with van der Waals surface area (Å²) in [7, 11) is 0. The van der Waals surface area contributed by atoms with Gasteiger partial charge in [-0.1, -0.05) is 251 Å². The van der Waals surface area contributed by atoms with Crippen LogP contribution in [0.4, 0.5) is 0 Å². The van der Waals surface area contributed by atoms with Crippen molar-refractivity contribution in [3.63, 3.8) is 0 Å². The Balaban J connectivity index is 4.43. The van der Waals surface area contributed by atoms with Gasteiger partial charge in [-0.2, -0.15) is 0 Å². The van der Waals surface area contributed by atoms with E-state index in [0.29, 0.717) is 19.4 Å². The van der Waals surface area contributed by atoms with Crippen LogP contribution in [0.5, 0.6) is 0 Å². The van der Waals surface area contributed by atoms with E-state index in [1.54, 1.807) is 0 Å². The molecule has 398 valence electrons. The lowest BCUT2D eigenvalue weighted by molar-refractivity contribution is -0.163. The molecule has 1 atom stereocenters. The average molecular weight is 970 g/mol. The van der Waals surface area contributed by atoms with Crippen LogP contribution in [0.1, 0.15) is 252 Å². The zero-order valence-electron chi connectivity index (χ0n) is 45.7. The average Bonchev–Trinajstić information content (AvgIpc) is 3.36. The van der Waals surface area contributed by atoms with Gasteiger partial charge in [-0.3, -0.25) is 9.59 Å². The van der Waals surface area contributed by atoms with Crippen LogP contribution in [0, 0.1) is 0 Å². The first kappa shape index (κ1) is 66.3. The molecule has 0 fully saturated rings. The molecule has 0 aromatic rings. The minimum absolute atomic E-state index is 0.0453. The fourth-order valence-corrected chi connectivity index (χ4v) is 7.74. The maximum Gasteiger partial charge on any atom is 0.306 e. The number of esters is 2. The van der Waals surface area contributed by atoms with Crippen LogP contribution in [-0.4, -0.2) is 37.9 Å². The van der Waals surface area contributed by atoms with Crippen molar-refractivity contribution in [1.29, 1.82) is 0 Å². The zero-order valence-corrected chi connectivity index (χ0v) is 45.7. The van der Waals surface area contributed by atoms with E-state index in [4.69, 9.17) is 14.2 Å². The lowest BCUT2D eigenvalue weighted by Crippen LogP contribution is -2.30. The smallest absolute Gasteiger partial charge is 0.306 e. The van der Waals surface area contributed by atoms with E-state index in [0.717, 1.165) is 128 Å². The molecule has 0 rings (SSSR count). The Morgan fingerprint density at radius 3 is 1.03 bits per heavy atom. The van der Waals surface area contributed by atoms with Crippen molar-refractivity contribution in [3.05, 3.63) is 122 Å². The summed E-state index contributed by atoms with van der Waals surface area (Å²) in [6, 6.07) is 0. The van der Waals surface area contributed by atoms with E-state index in [1.807, 2.05) is 0 Å². The fourth-order valence-electron chi connectivity index (χ4n) is 7.74. The SMILES string of the molecule is CC/C=C\C/C=C\C/C=C\C/C=C\C/C=C\CCCCCC(=O)OCC(COCCCC/C=C\C/C=C\C/C=C\C/C=C\C/C=C\CC)OC(=O)CCCCCCCCCCCCCCCCCCC. The van der Waals surface area contributed by atoms with Crippen molar-refractivity contribution in [2.45, 2.75) is 258 Å². The van der Waals surface area contributed by atoms with Crippen molar-refractivity contribution in [2.75, 3.05) is 19.8 Å². The second kappa shape index (κ2) is 59.6. The summed E-state index contributed by atoms with van der Waals surface area (Å²) >= 11 is 0. The molecule has 1 unspecified atom stereocenters. The number of carbonyl (C=O) groups is 2. The van der Waals surface area contributed by atoms with Crippen molar-refractivity contribution in [3.8, 4) is 0 Å². The molecule has 0 amide bonds. The number of rotatable bonds is 52.